The standard InChI is InChI=1S/C13H22N4O/c1-17(2)8-4-7-16-13(18)11-15-10-12-5-3-6-14-9-12/h3,5-6,9,15H,4,7-8,10-11H2,1-2H3,(H,16,18). The van der Waals surface area contributed by atoms with Gasteiger partial charge in [0.15, 0.2) is 0 Å². The molecule has 1 heterocycles. The van der Waals surface area contributed by atoms with Crippen LogP contribution in [-0.4, -0.2) is 49.5 Å². The van der Waals surface area contributed by atoms with Crippen LogP contribution in [-0.2, 0) is 11.3 Å². The second-order valence-electron chi connectivity index (χ2n) is 4.47. The van der Waals surface area contributed by atoms with Crippen molar-refractivity contribution in [2.75, 3.05) is 33.7 Å². The van der Waals surface area contributed by atoms with Gasteiger partial charge < -0.3 is 15.5 Å². The molecule has 1 amide bonds. The summed E-state index contributed by atoms with van der Waals surface area (Å²) in [7, 11) is 4.05. The summed E-state index contributed by atoms with van der Waals surface area (Å²) in [6, 6.07) is 3.87. The predicted octanol–water partition coefficient (Wildman–Crippen LogP) is 0.239. The summed E-state index contributed by atoms with van der Waals surface area (Å²) in [6.07, 6.45) is 4.50. The zero-order valence-electron chi connectivity index (χ0n) is 11.1. The van der Waals surface area contributed by atoms with Gasteiger partial charge in [-0.15, -0.1) is 0 Å². The minimum atomic E-state index is 0.0395. The lowest BCUT2D eigenvalue weighted by Crippen LogP contribution is -2.35. The molecule has 0 aromatic carbocycles. The van der Waals surface area contributed by atoms with Crippen molar-refractivity contribution in [3.8, 4) is 0 Å². The molecular formula is C13H22N4O. The van der Waals surface area contributed by atoms with Crippen molar-refractivity contribution < 1.29 is 4.79 Å². The fourth-order valence-electron chi connectivity index (χ4n) is 1.51. The smallest absolute Gasteiger partial charge is 0.233 e. The summed E-state index contributed by atoms with van der Waals surface area (Å²) in [6.45, 7) is 2.73. The lowest BCUT2D eigenvalue weighted by atomic mass is 10.3. The van der Waals surface area contributed by atoms with Gasteiger partial charge in [-0.3, -0.25) is 9.78 Å². The lowest BCUT2D eigenvalue weighted by molar-refractivity contribution is -0.120. The highest BCUT2D eigenvalue weighted by Crippen LogP contribution is 1.93. The van der Waals surface area contributed by atoms with E-state index >= 15 is 0 Å². The number of aromatic nitrogens is 1. The van der Waals surface area contributed by atoms with E-state index in [9.17, 15) is 4.79 Å². The molecule has 1 rings (SSSR count). The number of amides is 1. The summed E-state index contributed by atoms with van der Waals surface area (Å²) < 4.78 is 0. The molecule has 5 heteroatoms. The van der Waals surface area contributed by atoms with Crippen molar-refractivity contribution in [2.24, 2.45) is 0 Å². The third-order valence-electron chi connectivity index (χ3n) is 2.44. The van der Waals surface area contributed by atoms with Gasteiger partial charge in [0.2, 0.25) is 5.91 Å². The van der Waals surface area contributed by atoms with Gasteiger partial charge in [0.25, 0.3) is 0 Å². The van der Waals surface area contributed by atoms with E-state index < -0.39 is 0 Å². The SMILES string of the molecule is CN(C)CCCNC(=O)CNCc1cccnc1. The highest BCUT2D eigenvalue weighted by molar-refractivity contribution is 5.77. The molecule has 1 aromatic heterocycles. The van der Waals surface area contributed by atoms with E-state index in [1.165, 1.54) is 0 Å². The van der Waals surface area contributed by atoms with Gasteiger partial charge >= 0.3 is 0 Å². The Balaban J connectivity index is 2.03. The molecule has 0 saturated carbocycles. The number of nitrogens with zero attached hydrogens (tertiary/aromatic N) is 2. The topological polar surface area (TPSA) is 57.3 Å². The van der Waals surface area contributed by atoms with Crippen LogP contribution >= 0.6 is 0 Å². The van der Waals surface area contributed by atoms with E-state index in [-0.39, 0.29) is 5.91 Å². The van der Waals surface area contributed by atoms with Crippen LogP contribution < -0.4 is 10.6 Å². The zero-order valence-corrected chi connectivity index (χ0v) is 11.1. The molecule has 5 nitrogen and oxygen atoms in total. The molecule has 0 aliphatic heterocycles. The molecule has 0 fully saturated rings. The molecule has 100 valence electrons. The van der Waals surface area contributed by atoms with Crippen LogP contribution in [0, 0.1) is 0 Å². The molecule has 0 atom stereocenters. The highest BCUT2D eigenvalue weighted by Gasteiger charge is 2.00. The van der Waals surface area contributed by atoms with E-state index in [0.29, 0.717) is 13.1 Å². The van der Waals surface area contributed by atoms with E-state index in [2.05, 4.69) is 20.5 Å². The predicted molar refractivity (Wildman–Crippen MR) is 72.1 cm³/mol. The van der Waals surface area contributed by atoms with Crippen molar-refractivity contribution in [2.45, 2.75) is 13.0 Å². The second-order valence-corrected chi connectivity index (χ2v) is 4.47. The minimum Gasteiger partial charge on any atom is -0.355 e. The Morgan fingerprint density at radius 1 is 1.44 bits per heavy atom. The number of hydrogen-bond donors (Lipinski definition) is 2. The first kappa shape index (κ1) is 14.6. The van der Waals surface area contributed by atoms with Crippen molar-refractivity contribution >= 4 is 5.91 Å². The van der Waals surface area contributed by atoms with Gasteiger partial charge in [0.05, 0.1) is 6.54 Å². The van der Waals surface area contributed by atoms with Crippen LogP contribution in [0.25, 0.3) is 0 Å². The Kier molecular flexibility index (Phi) is 6.98. The zero-order chi connectivity index (χ0) is 13.2. The maximum absolute atomic E-state index is 11.5. The molecule has 0 bridgehead atoms. The van der Waals surface area contributed by atoms with Crippen LogP contribution in [0.15, 0.2) is 24.5 Å². The summed E-state index contributed by atoms with van der Waals surface area (Å²) in [4.78, 5) is 17.6. The quantitative estimate of drug-likeness (QED) is 0.649. The molecule has 0 aliphatic carbocycles. The van der Waals surface area contributed by atoms with Crippen molar-refractivity contribution in [1.82, 2.24) is 20.5 Å². The van der Waals surface area contributed by atoms with Crippen molar-refractivity contribution in [3.63, 3.8) is 0 Å². The first-order chi connectivity index (χ1) is 8.68. The second kappa shape index (κ2) is 8.60. The molecule has 18 heavy (non-hydrogen) atoms. The summed E-state index contributed by atoms with van der Waals surface area (Å²) in [5, 5.41) is 5.97. The molecule has 0 spiro atoms. The van der Waals surface area contributed by atoms with Crippen LogP contribution in [0.1, 0.15) is 12.0 Å². The molecule has 1 aromatic rings. The fourth-order valence-corrected chi connectivity index (χ4v) is 1.51. The summed E-state index contributed by atoms with van der Waals surface area (Å²) >= 11 is 0. The number of carbonyl (C=O) groups is 1. The molecule has 0 aliphatic rings. The van der Waals surface area contributed by atoms with Crippen LogP contribution in [0.3, 0.4) is 0 Å². The summed E-state index contributed by atoms with van der Waals surface area (Å²) in [5.74, 6) is 0.0395. The molecule has 0 unspecified atom stereocenters. The van der Waals surface area contributed by atoms with Gasteiger partial charge in [-0.2, -0.15) is 0 Å². The monoisotopic (exact) mass is 250 g/mol. The Morgan fingerprint density at radius 3 is 2.94 bits per heavy atom. The van der Waals surface area contributed by atoms with Crippen molar-refractivity contribution in [1.29, 1.82) is 0 Å². The van der Waals surface area contributed by atoms with E-state index in [1.54, 1.807) is 12.4 Å². The molecule has 2 N–H and O–H groups in total. The number of carbonyl (C=O) groups excluding carboxylic acids is 1. The number of nitrogens with one attached hydrogen (secondary N) is 2. The third-order valence-corrected chi connectivity index (χ3v) is 2.44. The maximum atomic E-state index is 11.5. The van der Waals surface area contributed by atoms with Crippen LogP contribution in [0.4, 0.5) is 0 Å². The van der Waals surface area contributed by atoms with Gasteiger partial charge in [0.1, 0.15) is 0 Å². The van der Waals surface area contributed by atoms with Crippen molar-refractivity contribution in [3.05, 3.63) is 30.1 Å². The fraction of sp³-hybridized carbons (Fsp3) is 0.538. The largest absolute Gasteiger partial charge is 0.355 e. The number of hydrogen-bond acceptors (Lipinski definition) is 4. The van der Waals surface area contributed by atoms with E-state index in [1.807, 2.05) is 26.2 Å². The van der Waals surface area contributed by atoms with Gasteiger partial charge in [-0.1, -0.05) is 6.07 Å². The number of pyridine rings is 1. The van der Waals surface area contributed by atoms with E-state index in [4.69, 9.17) is 0 Å². The van der Waals surface area contributed by atoms with Crippen LogP contribution in [0.5, 0.6) is 0 Å². The Bertz CT molecular complexity index is 340. The highest BCUT2D eigenvalue weighted by atomic mass is 16.1. The van der Waals surface area contributed by atoms with Gasteiger partial charge in [-0.25, -0.2) is 0 Å². The normalized spacial score (nSPS) is 10.6. The van der Waals surface area contributed by atoms with Gasteiger partial charge in [0, 0.05) is 25.5 Å². The van der Waals surface area contributed by atoms with Gasteiger partial charge in [-0.05, 0) is 38.7 Å². The Labute approximate surface area is 109 Å². The maximum Gasteiger partial charge on any atom is 0.233 e. The Hall–Kier alpha value is -1.46. The molecule has 0 radical (unpaired) electrons. The molecule has 0 saturated heterocycles. The summed E-state index contributed by atoms with van der Waals surface area (Å²) in [5.41, 5.74) is 1.08. The average Bonchev–Trinajstić information content (AvgIpc) is 2.36. The molecular weight excluding hydrogens is 228 g/mol. The third kappa shape index (κ3) is 6.98. The lowest BCUT2D eigenvalue weighted by Gasteiger charge is -2.10. The minimum absolute atomic E-state index is 0.0395. The Morgan fingerprint density at radius 2 is 2.28 bits per heavy atom. The first-order valence-corrected chi connectivity index (χ1v) is 6.19. The number of rotatable bonds is 8. The first-order valence-electron chi connectivity index (χ1n) is 6.19. The van der Waals surface area contributed by atoms with Crippen LogP contribution in [0.2, 0.25) is 0 Å². The average molecular weight is 250 g/mol. The van der Waals surface area contributed by atoms with E-state index in [0.717, 1.165) is 25.1 Å².